The van der Waals surface area contributed by atoms with E-state index in [1.165, 1.54) is 30.3 Å². The van der Waals surface area contributed by atoms with Crippen molar-refractivity contribution in [1.29, 1.82) is 0 Å². The number of hydrogen-bond acceptors (Lipinski definition) is 7. The van der Waals surface area contributed by atoms with Gasteiger partial charge in [0.15, 0.2) is 5.82 Å². The highest BCUT2D eigenvalue weighted by Crippen LogP contribution is 2.42. The number of anilines is 1. The highest BCUT2D eigenvalue weighted by atomic mass is 19.1. The molecule has 1 amide bonds. The molecule has 2 bridgehead atoms. The van der Waals surface area contributed by atoms with Crippen molar-refractivity contribution >= 4 is 33.9 Å². The number of aromatic nitrogens is 2. The van der Waals surface area contributed by atoms with Crippen LogP contribution in [0.25, 0.3) is 32.8 Å². The number of hydrogen-bond donors (Lipinski definition) is 3. The van der Waals surface area contributed by atoms with Crippen molar-refractivity contribution in [2.45, 2.75) is 64.1 Å². The van der Waals surface area contributed by atoms with E-state index in [-0.39, 0.29) is 59.4 Å². The van der Waals surface area contributed by atoms with Gasteiger partial charge in [0, 0.05) is 30.6 Å². The Hall–Kier alpha value is -4.12. The molecule has 8 nitrogen and oxygen atoms in total. The fraction of sp³-hybridized carbons (Fsp3) is 0.406. The zero-order valence-corrected chi connectivity index (χ0v) is 24.1. The van der Waals surface area contributed by atoms with Crippen LogP contribution in [-0.2, 0) is 11.2 Å². The first-order valence-corrected chi connectivity index (χ1v) is 14.8. The van der Waals surface area contributed by atoms with Crippen LogP contribution in [0.4, 0.5) is 19.0 Å². The molecule has 2 saturated heterocycles. The molecule has 0 spiro atoms. The van der Waals surface area contributed by atoms with Gasteiger partial charge in [0.2, 0.25) is 6.41 Å². The van der Waals surface area contributed by atoms with Crippen LogP contribution >= 0.6 is 0 Å². The molecular weight excluding hydrogens is 559 g/mol. The van der Waals surface area contributed by atoms with Crippen molar-refractivity contribution in [3.05, 3.63) is 53.3 Å². The number of aryl methyl sites for hydroxylation is 1. The minimum absolute atomic E-state index is 0.0318. The summed E-state index contributed by atoms with van der Waals surface area (Å²) in [6, 6.07) is 6.74. The van der Waals surface area contributed by atoms with Crippen LogP contribution < -0.4 is 20.3 Å². The average molecular weight is 594 g/mol. The second-order valence-electron chi connectivity index (χ2n) is 11.4. The summed E-state index contributed by atoms with van der Waals surface area (Å²) in [5, 5.41) is 17.7. The van der Waals surface area contributed by atoms with Crippen molar-refractivity contribution < 1.29 is 27.8 Å². The summed E-state index contributed by atoms with van der Waals surface area (Å²) < 4.78 is 53.6. The van der Waals surface area contributed by atoms with Gasteiger partial charge in [-0.05, 0) is 71.8 Å². The summed E-state index contributed by atoms with van der Waals surface area (Å²) in [5.41, 5.74) is -0.246. The molecule has 0 aliphatic carbocycles. The Morgan fingerprint density at radius 1 is 1.12 bits per heavy atom. The van der Waals surface area contributed by atoms with Gasteiger partial charge in [0.1, 0.15) is 35.3 Å². The lowest BCUT2D eigenvalue weighted by Crippen LogP contribution is -2.51. The lowest BCUT2D eigenvalue weighted by Gasteiger charge is -2.34. The van der Waals surface area contributed by atoms with Gasteiger partial charge >= 0.3 is 6.01 Å². The van der Waals surface area contributed by atoms with E-state index in [1.54, 1.807) is 6.92 Å². The van der Waals surface area contributed by atoms with Crippen molar-refractivity contribution in [2.24, 2.45) is 0 Å². The highest BCUT2D eigenvalue weighted by molar-refractivity contribution is 6.03. The number of ether oxygens (including phenoxy) is 1. The number of fused-ring (bicyclic) bond motifs is 4. The van der Waals surface area contributed by atoms with Crippen LogP contribution in [0, 0.1) is 17.5 Å². The summed E-state index contributed by atoms with van der Waals surface area (Å²) in [4.78, 5) is 22.1. The third-order valence-electron chi connectivity index (χ3n) is 8.49. The number of halogens is 3. The first kappa shape index (κ1) is 29.0. The summed E-state index contributed by atoms with van der Waals surface area (Å²) in [5.74, 6) is -2.18. The van der Waals surface area contributed by atoms with Crippen molar-refractivity contribution in [3.8, 4) is 22.9 Å². The number of nitrogens with zero attached hydrogens (tertiary/aromatic N) is 3. The second kappa shape index (κ2) is 11.9. The smallest absolute Gasteiger partial charge is 0.319 e. The van der Waals surface area contributed by atoms with E-state index in [9.17, 15) is 14.3 Å². The molecule has 3 atom stereocenters. The van der Waals surface area contributed by atoms with E-state index in [0.717, 1.165) is 19.3 Å². The van der Waals surface area contributed by atoms with Gasteiger partial charge in [-0.2, -0.15) is 9.97 Å². The van der Waals surface area contributed by atoms with E-state index >= 15 is 8.78 Å². The molecule has 3 aromatic carbocycles. The molecule has 43 heavy (non-hydrogen) atoms. The first-order chi connectivity index (χ1) is 20.8. The van der Waals surface area contributed by atoms with Crippen molar-refractivity contribution in [1.82, 2.24) is 20.6 Å². The number of aromatic hydroxyl groups is 1. The molecule has 226 valence electrons. The maximum Gasteiger partial charge on any atom is 0.319 e. The van der Waals surface area contributed by atoms with Gasteiger partial charge in [-0.25, -0.2) is 13.2 Å². The van der Waals surface area contributed by atoms with Gasteiger partial charge in [-0.3, -0.25) is 4.79 Å². The Balaban J connectivity index is 1.55. The molecule has 3 heterocycles. The summed E-state index contributed by atoms with van der Waals surface area (Å²) in [7, 11) is 0. The van der Waals surface area contributed by atoms with Crippen molar-refractivity contribution in [3.63, 3.8) is 0 Å². The Bertz CT molecular complexity index is 1690. The van der Waals surface area contributed by atoms with Crippen LogP contribution in [0.3, 0.4) is 0 Å². The van der Waals surface area contributed by atoms with Gasteiger partial charge in [-0.15, -0.1) is 0 Å². The van der Waals surface area contributed by atoms with Gasteiger partial charge in [-0.1, -0.05) is 26.3 Å². The fourth-order valence-electron chi connectivity index (χ4n) is 6.56. The molecule has 2 aliphatic heterocycles. The Kier molecular flexibility index (Phi) is 8.00. The van der Waals surface area contributed by atoms with Crippen LogP contribution in [0.1, 0.15) is 45.1 Å². The number of rotatable bonds is 10. The maximum absolute atomic E-state index is 16.7. The molecule has 1 aromatic heterocycles. The van der Waals surface area contributed by atoms with E-state index in [2.05, 4.69) is 20.6 Å². The molecule has 2 aliphatic rings. The lowest BCUT2D eigenvalue weighted by atomic mass is 9.91. The standard InChI is InChI=1S/C32H34F3N5O3/c1-3-5-20(36-16-41)15-43-32-38-30-24(31(39-32)40-13-18-7-8-19(14-40)37-18)12-26(34)28(29(30)35)23-11-21(42)10-17-6-9-25(33)22(4-2)27(17)23/h6,9-12,16,18-20,37,42H,3-5,7-8,13-15H2,1-2H3,(H,36,41). The van der Waals surface area contributed by atoms with Gasteiger partial charge < -0.3 is 25.4 Å². The Morgan fingerprint density at radius 3 is 2.58 bits per heavy atom. The summed E-state index contributed by atoms with van der Waals surface area (Å²) in [6.07, 6.45) is 4.34. The van der Waals surface area contributed by atoms with Gasteiger partial charge in [0.25, 0.3) is 0 Å². The summed E-state index contributed by atoms with van der Waals surface area (Å²) >= 11 is 0. The minimum atomic E-state index is -0.962. The van der Waals surface area contributed by atoms with Crippen LogP contribution in [0.2, 0.25) is 0 Å². The largest absolute Gasteiger partial charge is 0.508 e. The minimum Gasteiger partial charge on any atom is -0.508 e. The number of nitrogens with one attached hydrogen (secondary N) is 2. The average Bonchev–Trinajstić information content (AvgIpc) is 3.33. The second-order valence-corrected chi connectivity index (χ2v) is 11.4. The topological polar surface area (TPSA) is 99.6 Å². The Morgan fingerprint density at radius 2 is 1.88 bits per heavy atom. The lowest BCUT2D eigenvalue weighted by molar-refractivity contribution is -0.110. The van der Waals surface area contributed by atoms with Crippen LogP contribution in [0.5, 0.6) is 11.8 Å². The maximum atomic E-state index is 16.7. The monoisotopic (exact) mass is 593 g/mol. The number of carbonyl (C=O) groups excluding carboxylic acids is 1. The SMILES string of the molecule is CCCC(COc1nc(N2CC3CCC(C2)N3)c2cc(F)c(-c3cc(O)cc4ccc(F)c(CC)c34)c(F)c2n1)NC=O. The number of piperazine rings is 1. The molecule has 6 rings (SSSR count). The van der Waals surface area contributed by atoms with Crippen LogP contribution in [-0.4, -0.2) is 59.3 Å². The fourth-order valence-corrected chi connectivity index (χ4v) is 6.56. The predicted octanol–water partition coefficient (Wildman–Crippen LogP) is 5.37. The first-order valence-electron chi connectivity index (χ1n) is 14.8. The normalized spacial score (nSPS) is 18.8. The van der Waals surface area contributed by atoms with Crippen molar-refractivity contribution in [2.75, 3.05) is 24.6 Å². The number of amides is 1. The number of phenols is 1. The molecule has 11 heteroatoms. The third kappa shape index (κ3) is 5.42. The van der Waals surface area contributed by atoms with E-state index in [0.29, 0.717) is 48.1 Å². The van der Waals surface area contributed by atoms with E-state index in [1.807, 2.05) is 11.8 Å². The Labute approximate surface area is 247 Å². The zero-order chi connectivity index (χ0) is 30.2. The quantitative estimate of drug-likeness (QED) is 0.213. The number of phenolic OH excluding ortho intramolecular Hbond substituents is 1. The van der Waals surface area contributed by atoms with E-state index < -0.39 is 23.0 Å². The number of benzene rings is 3. The van der Waals surface area contributed by atoms with Crippen LogP contribution in [0.15, 0.2) is 30.3 Å². The van der Waals surface area contributed by atoms with Gasteiger partial charge in [0.05, 0.1) is 11.6 Å². The molecule has 4 aromatic rings. The zero-order valence-electron chi connectivity index (χ0n) is 24.1. The number of carbonyl (C=O) groups is 1. The summed E-state index contributed by atoms with van der Waals surface area (Å²) in [6.45, 7) is 5.02. The third-order valence-corrected chi connectivity index (χ3v) is 8.49. The molecule has 2 fully saturated rings. The van der Waals surface area contributed by atoms with E-state index in [4.69, 9.17) is 4.74 Å². The molecule has 0 saturated carbocycles. The molecular formula is C32H34F3N5O3. The molecule has 3 unspecified atom stereocenters. The highest BCUT2D eigenvalue weighted by Gasteiger charge is 2.34. The molecule has 3 N–H and O–H groups in total. The molecule has 0 radical (unpaired) electrons. The predicted molar refractivity (Wildman–Crippen MR) is 159 cm³/mol.